The summed E-state index contributed by atoms with van der Waals surface area (Å²) in [7, 11) is 0. The van der Waals surface area contributed by atoms with E-state index in [9.17, 15) is 5.11 Å². The second-order valence-corrected chi connectivity index (χ2v) is 6.24. The number of rotatable bonds is 2. The molecule has 3 nitrogen and oxygen atoms in total. The molecule has 0 saturated heterocycles. The first-order chi connectivity index (χ1) is 9.65. The Balaban J connectivity index is 2.01. The van der Waals surface area contributed by atoms with E-state index in [2.05, 4.69) is 31.9 Å². The zero-order valence-corrected chi connectivity index (χ0v) is 13.6. The molecule has 0 spiro atoms. The summed E-state index contributed by atoms with van der Waals surface area (Å²) in [5.74, 6) is 1.37. The van der Waals surface area contributed by atoms with Gasteiger partial charge in [-0.1, -0.05) is 44.0 Å². The summed E-state index contributed by atoms with van der Waals surface area (Å²) in [6, 6.07) is 11.3. The normalized spacial score (nSPS) is 14.9. The van der Waals surface area contributed by atoms with E-state index in [1.165, 1.54) is 0 Å². The molecule has 1 unspecified atom stereocenters. The highest BCUT2D eigenvalue weighted by atomic mass is 79.9. The molecule has 104 valence electrons. The summed E-state index contributed by atoms with van der Waals surface area (Å²) < 4.78 is 12.8. The van der Waals surface area contributed by atoms with E-state index in [4.69, 9.17) is 9.47 Å². The van der Waals surface area contributed by atoms with Crippen molar-refractivity contribution in [2.45, 2.75) is 6.10 Å². The fraction of sp³-hybridized carbons (Fsp3) is 0.200. The van der Waals surface area contributed by atoms with Gasteiger partial charge in [0.25, 0.3) is 0 Å². The van der Waals surface area contributed by atoms with Gasteiger partial charge in [-0.3, -0.25) is 0 Å². The number of fused-ring (bicyclic) bond motifs is 1. The monoisotopic (exact) mass is 398 g/mol. The molecule has 2 aromatic rings. The predicted octanol–water partition coefficient (Wildman–Crippen LogP) is 4.06. The van der Waals surface area contributed by atoms with E-state index >= 15 is 0 Å². The molecule has 1 N–H and O–H groups in total. The van der Waals surface area contributed by atoms with Gasteiger partial charge in [-0.15, -0.1) is 0 Å². The maximum Gasteiger partial charge on any atom is 0.162 e. The lowest BCUT2D eigenvalue weighted by molar-refractivity contribution is 0.169. The minimum absolute atomic E-state index is 0.529. The Kier molecular flexibility index (Phi) is 4.01. The van der Waals surface area contributed by atoms with Gasteiger partial charge in [0.2, 0.25) is 0 Å². The summed E-state index contributed by atoms with van der Waals surface area (Å²) in [4.78, 5) is 0. The maximum absolute atomic E-state index is 10.6. The third kappa shape index (κ3) is 2.71. The highest BCUT2D eigenvalue weighted by molar-refractivity contribution is 9.10. The summed E-state index contributed by atoms with van der Waals surface area (Å²) in [5.41, 5.74) is 1.57. The van der Waals surface area contributed by atoms with Gasteiger partial charge < -0.3 is 14.6 Å². The van der Waals surface area contributed by atoms with Crippen molar-refractivity contribution < 1.29 is 14.6 Å². The van der Waals surface area contributed by atoms with Crippen LogP contribution in [0.4, 0.5) is 0 Å². The Labute approximate surface area is 133 Å². The van der Waals surface area contributed by atoms with Gasteiger partial charge in [0.05, 0.1) is 0 Å². The zero-order valence-electron chi connectivity index (χ0n) is 10.5. The molecule has 1 aliphatic rings. The summed E-state index contributed by atoms with van der Waals surface area (Å²) in [6.07, 6.45) is -0.724. The second-order valence-electron chi connectivity index (χ2n) is 4.47. The SMILES string of the molecule is OC(c1cccc(Br)c1)c1cc2c(cc1Br)OCCO2. The van der Waals surface area contributed by atoms with Crippen molar-refractivity contribution >= 4 is 31.9 Å². The summed E-state index contributed by atoms with van der Waals surface area (Å²) in [6.45, 7) is 1.08. The van der Waals surface area contributed by atoms with E-state index in [1.807, 2.05) is 36.4 Å². The van der Waals surface area contributed by atoms with Crippen LogP contribution in [0.3, 0.4) is 0 Å². The number of aliphatic hydroxyl groups is 1. The number of hydrogen-bond acceptors (Lipinski definition) is 3. The van der Waals surface area contributed by atoms with Crippen LogP contribution in [0.25, 0.3) is 0 Å². The average Bonchev–Trinajstić information content (AvgIpc) is 2.46. The molecular weight excluding hydrogens is 388 g/mol. The van der Waals surface area contributed by atoms with Crippen LogP contribution in [0.2, 0.25) is 0 Å². The topological polar surface area (TPSA) is 38.7 Å². The molecule has 5 heteroatoms. The number of ether oxygens (including phenoxy) is 2. The molecule has 0 aliphatic carbocycles. The molecule has 0 saturated carbocycles. The van der Waals surface area contributed by atoms with Crippen molar-refractivity contribution in [2.75, 3.05) is 13.2 Å². The van der Waals surface area contributed by atoms with Gasteiger partial charge in [0.1, 0.15) is 19.3 Å². The van der Waals surface area contributed by atoms with Crippen molar-refractivity contribution in [1.82, 2.24) is 0 Å². The van der Waals surface area contributed by atoms with E-state index in [0.29, 0.717) is 24.7 Å². The lowest BCUT2D eigenvalue weighted by Gasteiger charge is -2.21. The van der Waals surface area contributed by atoms with Crippen LogP contribution >= 0.6 is 31.9 Å². The quantitative estimate of drug-likeness (QED) is 0.827. The van der Waals surface area contributed by atoms with E-state index < -0.39 is 6.10 Å². The maximum atomic E-state index is 10.6. The number of benzene rings is 2. The van der Waals surface area contributed by atoms with Crippen LogP contribution in [0.5, 0.6) is 11.5 Å². The number of aliphatic hydroxyl groups excluding tert-OH is 1. The fourth-order valence-corrected chi connectivity index (χ4v) is 3.10. The van der Waals surface area contributed by atoms with E-state index in [0.717, 1.165) is 20.1 Å². The Morgan fingerprint density at radius 2 is 1.70 bits per heavy atom. The molecule has 20 heavy (non-hydrogen) atoms. The smallest absolute Gasteiger partial charge is 0.162 e. The molecule has 2 aromatic carbocycles. The molecule has 1 aliphatic heterocycles. The average molecular weight is 400 g/mol. The van der Waals surface area contributed by atoms with Gasteiger partial charge in [0.15, 0.2) is 11.5 Å². The first-order valence-electron chi connectivity index (χ1n) is 6.18. The van der Waals surface area contributed by atoms with Crippen LogP contribution in [0.15, 0.2) is 45.3 Å². The molecule has 0 aromatic heterocycles. The zero-order chi connectivity index (χ0) is 14.1. The lowest BCUT2D eigenvalue weighted by atomic mass is 10.0. The van der Waals surface area contributed by atoms with Crippen molar-refractivity contribution in [1.29, 1.82) is 0 Å². The Hall–Kier alpha value is -1.04. The van der Waals surface area contributed by atoms with E-state index in [-0.39, 0.29) is 0 Å². The van der Waals surface area contributed by atoms with Gasteiger partial charge in [0, 0.05) is 14.5 Å². The van der Waals surface area contributed by atoms with Gasteiger partial charge >= 0.3 is 0 Å². The molecule has 0 radical (unpaired) electrons. The van der Waals surface area contributed by atoms with Crippen LogP contribution < -0.4 is 9.47 Å². The third-order valence-electron chi connectivity index (χ3n) is 3.12. The van der Waals surface area contributed by atoms with Crippen LogP contribution in [-0.2, 0) is 0 Å². The van der Waals surface area contributed by atoms with Crippen molar-refractivity contribution in [2.24, 2.45) is 0 Å². The van der Waals surface area contributed by atoms with Gasteiger partial charge in [-0.25, -0.2) is 0 Å². The molecule has 0 fully saturated rings. The largest absolute Gasteiger partial charge is 0.486 e. The lowest BCUT2D eigenvalue weighted by Crippen LogP contribution is -2.16. The Morgan fingerprint density at radius 1 is 1.00 bits per heavy atom. The van der Waals surface area contributed by atoms with Crippen LogP contribution in [0.1, 0.15) is 17.2 Å². The third-order valence-corrected chi connectivity index (χ3v) is 4.30. The molecule has 3 rings (SSSR count). The van der Waals surface area contributed by atoms with Crippen LogP contribution in [-0.4, -0.2) is 18.3 Å². The minimum Gasteiger partial charge on any atom is -0.486 e. The van der Waals surface area contributed by atoms with Crippen molar-refractivity contribution in [3.63, 3.8) is 0 Å². The van der Waals surface area contributed by atoms with E-state index in [1.54, 1.807) is 0 Å². The van der Waals surface area contributed by atoms with Crippen molar-refractivity contribution in [3.05, 3.63) is 56.5 Å². The highest BCUT2D eigenvalue weighted by Crippen LogP contribution is 2.39. The number of hydrogen-bond donors (Lipinski definition) is 1. The Bertz CT molecular complexity index is 643. The Morgan fingerprint density at radius 3 is 2.40 bits per heavy atom. The first kappa shape index (κ1) is 13.9. The molecule has 1 heterocycles. The molecule has 1 atom stereocenters. The summed E-state index contributed by atoms with van der Waals surface area (Å²) in [5, 5.41) is 10.6. The fourth-order valence-electron chi connectivity index (χ4n) is 2.15. The standard InChI is InChI=1S/C15H12Br2O3/c16-10-3-1-2-9(6-10)15(18)11-7-13-14(8-12(11)17)20-5-4-19-13/h1-3,6-8,15,18H,4-5H2. The van der Waals surface area contributed by atoms with Crippen LogP contribution in [0, 0.1) is 0 Å². The van der Waals surface area contributed by atoms with Crippen molar-refractivity contribution in [3.8, 4) is 11.5 Å². The molecule has 0 amide bonds. The molecule has 0 bridgehead atoms. The first-order valence-corrected chi connectivity index (χ1v) is 7.76. The highest BCUT2D eigenvalue weighted by Gasteiger charge is 2.20. The second kappa shape index (κ2) is 5.76. The predicted molar refractivity (Wildman–Crippen MR) is 83.3 cm³/mol. The summed E-state index contributed by atoms with van der Waals surface area (Å²) >= 11 is 6.90. The molecular formula is C15H12Br2O3. The number of halogens is 2. The van der Waals surface area contributed by atoms with Gasteiger partial charge in [-0.2, -0.15) is 0 Å². The van der Waals surface area contributed by atoms with Gasteiger partial charge in [-0.05, 0) is 29.8 Å². The minimum atomic E-state index is -0.724.